The molecule has 1 aromatic carbocycles. The van der Waals surface area contributed by atoms with Crippen molar-refractivity contribution in [2.45, 2.75) is 12.5 Å². The highest BCUT2D eigenvalue weighted by atomic mass is 16.3. The predicted octanol–water partition coefficient (Wildman–Crippen LogP) is -0.280. The first-order chi connectivity index (χ1) is 9.19. The standard InChI is InChI=1S/C12H15N5O2/c13-12-15-10(16-17-12)11(19)14-9(7-18)6-8-4-2-1-3-5-8/h1-5,9,18H,6-7H2,(H,14,19)(H3,13,15,16,17)/t9-/m0/s1. The molecule has 0 fully saturated rings. The average molecular weight is 261 g/mol. The maximum atomic E-state index is 11.8. The Morgan fingerprint density at radius 2 is 2.16 bits per heavy atom. The second-order valence-corrected chi connectivity index (χ2v) is 4.08. The SMILES string of the molecule is Nc1n[nH]c(C(=O)N[C@H](CO)Cc2ccccc2)n1. The summed E-state index contributed by atoms with van der Waals surface area (Å²) in [5.41, 5.74) is 6.35. The van der Waals surface area contributed by atoms with Gasteiger partial charge in [-0.3, -0.25) is 9.89 Å². The number of carbonyl (C=O) groups is 1. The molecule has 7 nitrogen and oxygen atoms in total. The second kappa shape index (κ2) is 5.96. The first kappa shape index (κ1) is 13.0. The molecule has 0 spiro atoms. The lowest BCUT2D eigenvalue weighted by Crippen LogP contribution is -2.39. The molecule has 0 aliphatic heterocycles. The molecule has 0 unspecified atom stereocenters. The summed E-state index contributed by atoms with van der Waals surface area (Å²) in [7, 11) is 0. The molecular weight excluding hydrogens is 246 g/mol. The van der Waals surface area contributed by atoms with Gasteiger partial charge in [-0.2, -0.15) is 4.98 Å². The topological polar surface area (TPSA) is 117 Å². The Morgan fingerprint density at radius 3 is 2.74 bits per heavy atom. The number of benzene rings is 1. The zero-order valence-corrected chi connectivity index (χ0v) is 10.2. The van der Waals surface area contributed by atoms with Crippen molar-refractivity contribution in [2.24, 2.45) is 0 Å². The van der Waals surface area contributed by atoms with E-state index in [-0.39, 0.29) is 24.4 Å². The van der Waals surface area contributed by atoms with E-state index in [0.717, 1.165) is 5.56 Å². The summed E-state index contributed by atoms with van der Waals surface area (Å²) >= 11 is 0. The van der Waals surface area contributed by atoms with Gasteiger partial charge in [0.05, 0.1) is 12.6 Å². The molecule has 2 aromatic rings. The molecule has 0 radical (unpaired) electrons. The Balaban J connectivity index is 1.97. The number of nitrogens with one attached hydrogen (secondary N) is 2. The molecule has 1 atom stereocenters. The molecule has 0 aliphatic carbocycles. The largest absolute Gasteiger partial charge is 0.394 e. The van der Waals surface area contributed by atoms with E-state index in [9.17, 15) is 9.90 Å². The third-order valence-electron chi connectivity index (χ3n) is 2.60. The molecule has 5 N–H and O–H groups in total. The van der Waals surface area contributed by atoms with Gasteiger partial charge in [-0.25, -0.2) is 0 Å². The Kier molecular flexibility index (Phi) is 4.09. The molecule has 100 valence electrons. The van der Waals surface area contributed by atoms with E-state index in [4.69, 9.17) is 5.73 Å². The highest BCUT2D eigenvalue weighted by Crippen LogP contribution is 2.03. The Morgan fingerprint density at radius 1 is 1.42 bits per heavy atom. The smallest absolute Gasteiger partial charge is 0.288 e. The third kappa shape index (κ3) is 3.52. The number of nitrogen functional groups attached to an aromatic ring is 1. The van der Waals surface area contributed by atoms with Crippen molar-refractivity contribution < 1.29 is 9.90 Å². The van der Waals surface area contributed by atoms with Crippen LogP contribution < -0.4 is 11.1 Å². The first-order valence-corrected chi connectivity index (χ1v) is 5.82. The van der Waals surface area contributed by atoms with E-state index in [1.54, 1.807) is 0 Å². The number of anilines is 1. The number of rotatable bonds is 5. The van der Waals surface area contributed by atoms with E-state index in [1.165, 1.54) is 0 Å². The second-order valence-electron chi connectivity index (χ2n) is 4.08. The van der Waals surface area contributed by atoms with Crippen molar-refractivity contribution in [1.29, 1.82) is 0 Å². The zero-order chi connectivity index (χ0) is 13.7. The minimum Gasteiger partial charge on any atom is -0.394 e. The van der Waals surface area contributed by atoms with E-state index >= 15 is 0 Å². The molecule has 0 saturated heterocycles. The van der Waals surface area contributed by atoms with Crippen LogP contribution in [0.5, 0.6) is 0 Å². The zero-order valence-electron chi connectivity index (χ0n) is 10.2. The number of nitrogens with zero attached hydrogens (tertiary/aromatic N) is 2. The molecular formula is C12H15N5O2. The lowest BCUT2D eigenvalue weighted by molar-refractivity contribution is 0.0906. The molecule has 0 bridgehead atoms. The monoisotopic (exact) mass is 261 g/mol. The highest BCUT2D eigenvalue weighted by Gasteiger charge is 2.16. The van der Waals surface area contributed by atoms with E-state index in [1.807, 2.05) is 30.3 Å². The summed E-state index contributed by atoms with van der Waals surface area (Å²) < 4.78 is 0. The van der Waals surface area contributed by atoms with Gasteiger partial charge < -0.3 is 16.2 Å². The lowest BCUT2D eigenvalue weighted by Gasteiger charge is -2.15. The van der Waals surface area contributed by atoms with E-state index in [0.29, 0.717) is 6.42 Å². The normalized spacial score (nSPS) is 12.1. The fraction of sp³-hybridized carbons (Fsp3) is 0.250. The number of aliphatic hydroxyl groups is 1. The lowest BCUT2D eigenvalue weighted by atomic mass is 10.1. The van der Waals surface area contributed by atoms with E-state index in [2.05, 4.69) is 20.5 Å². The minimum absolute atomic E-state index is 0.00811. The van der Waals surface area contributed by atoms with Gasteiger partial charge in [-0.1, -0.05) is 30.3 Å². The first-order valence-electron chi connectivity index (χ1n) is 5.82. The van der Waals surface area contributed by atoms with Gasteiger partial charge in [0, 0.05) is 0 Å². The van der Waals surface area contributed by atoms with Crippen molar-refractivity contribution in [3.05, 3.63) is 41.7 Å². The van der Waals surface area contributed by atoms with Gasteiger partial charge in [-0.15, -0.1) is 5.10 Å². The van der Waals surface area contributed by atoms with Crippen molar-refractivity contribution >= 4 is 11.9 Å². The van der Waals surface area contributed by atoms with Crippen LogP contribution in [0.3, 0.4) is 0 Å². The Hall–Kier alpha value is -2.41. The predicted molar refractivity (Wildman–Crippen MR) is 69.3 cm³/mol. The third-order valence-corrected chi connectivity index (χ3v) is 2.60. The Bertz CT molecular complexity index is 540. The van der Waals surface area contributed by atoms with Crippen LogP contribution in [0, 0.1) is 0 Å². The summed E-state index contributed by atoms with van der Waals surface area (Å²) in [5, 5.41) is 18.0. The highest BCUT2D eigenvalue weighted by molar-refractivity contribution is 5.90. The number of amides is 1. The quantitative estimate of drug-likeness (QED) is 0.590. The van der Waals surface area contributed by atoms with Crippen LogP contribution in [0.1, 0.15) is 16.2 Å². The average Bonchev–Trinajstić information content (AvgIpc) is 2.86. The molecule has 19 heavy (non-hydrogen) atoms. The van der Waals surface area contributed by atoms with Crippen molar-refractivity contribution in [3.8, 4) is 0 Å². The fourth-order valence-electron chi connectivity index (χ4n) is 1.69. The van der Waals surface area contributed by atoms with Gasteiger partial charge in [0.15, 0.2) is 0 Å². The number of H-pyrrole nitrogens is 1. The number of hydrogen-bond donors (Lipinski definition) is 4. The van der Waals surface area contributed by atoms with E-state index < -0.39 is 5.91 Å². The van der Waals surface area contributed by atoms with Crippen molar-refractivity contribution in [2.75, 3.05) is 12.3 Å². The van der Waals surface area contributed by atoms with Crippen molar-refractivity contribution in [1.82, 2.24) is 20.5 Å². The molecule has 1 aromatic heterocycles. The van der Waals surface area contributed by atoms with Crippen LogP contribution in [0.4, 0.5) is 5.95 Å². The number of aromatic nitrogens is 3. The van der Waals surface area contributed by atoms with Crippen LogP contribution in [0.15, 0.2) is 30.3 Å². The maximum absolute atomic E-state index is 11.8. The van der Waals surface area contributed by atoms with Crippen LogP contribution in [-0.4, -0.2) is 38.8 Å². The number of hydrogen-bond acceptors (Lipinski definition) is 5. The van der Waals surface area contributed by atoms with Crippen LogP contribution >= 0.6 is 0 Å². The van der Waals surface area contributed by atoms with Gasteiger partial charge in [0.2, 0.25) is 11.8 Å². The number of nitrogens with two attached hydrogens (primary N) is 1. The van der Waals surface area contributed by atoms with Gasteiger partial charge in [-0.05, 0) is 12.0 Å². The molecule has 0 saturated carbocycles. The number of aromatic amines is 1. The molecule has 0 aliphatic rings. The molecule has 7 heteroatoms. The molecule has 2 rings (SSSR count). The van der Waals surface area contributed by atoms with Gasteiger partial charge >= 0.3 is 0 Å². The minimum atomic E-state index is -0.445. The fourth-order valence-corrected chi connectivity index (χ4v) is 1.69. The van der Waals surface area contributed by atoms with Crippen LogP contribution in [0.2, 0.25) is 0 Å². The summed E-state index contributed by atoms with van der Waals surface area (Å²) in [5.74, 6) is -0.406. The van der Waals surface area contributed by atoms with Gasteiger partial charge in [0.1, 0.15) is 0 Å². The summed E-state index contributed by atoms with van der Waals surface area (Å²) in [4.78, 5) is 15.5. The number of carbonyl (C=O) groups excluding carboxylic acids is 1. The van der Waals surface area contributed by atoms with Crippen molar-refractivity contribution in [3.63, 3.8) is 0 Å². The van der Waals surface area contributed by atoms with Crippen LogP contribution in [0.25, 0.3) is 0 Å². The maximum Gasteiger partial charge on any atom is 0.288 e. The van der Waals surface area contributed by atoms with Crippen LogP contribution in [-0.2, 0) is 6.42 Å². The molecule has 1 amide bonds. The van der Waals surface area contributed by atoms with Gasteiger partial charge in [0.25, 0.3) is 5.91 Å². The Labute approximate surface area is 109 Å². The number of aliphatic hydroxyl groups excluding tert-OH is 1. The summed E-state index contributed by atoms with van der Waals surface area (Å²) in [6.07, 6.45) is 0.534. The molecule has 1 heterocycles. The summed E-state index contributed by atoms with van der Waals surface area (Å²) in [6.45, 7) is -0.162. The summed E-state index contributed by atoms with van der Waals surface area (Å²) in [6, 6.07) is 9.20.